The van der Waals surface area contributed by atoms with Crippen LogP contribution in [-0.2, 0) is 6.54 Å². The molecule has 0 aliphatic carbocycles. The molecule has 0 saturated carbocycles. The van der Waals surface area contributed by atoms with Crippen molar-refractivity contribution >= 4 is 5.91 Å². The molecule has 0 radical (unpaired) electrons. The number of amides is 1. The van der Waals surface area contributed by atoms with E-state index in [4.69, 9.17) is 0 Å². The van der Waals surface area contributed by atoms with Crippen LogP contribution < -0.4 is 0 Å². The van der Waals surface area contributed by atoms with Crippen molar-refractivity contribution in [1.82, 2.24) is 19.9 Å². The fraction of sp³-hybridized carbons (Fsp3) is 0.286. The first-order chi connectivity index (χ1) is 13.2. The van der Waals surface area contributed by atoms with Gasteiger partial charge in [0.1, 0.15) is 11.5 Å². The Bertz CT molecular complexity index is 1050. The fourth-order valence-electron chi connectivity index (χ4n) is 3.55. The van der Waals surface area contributed by atoms with Crippen molar-refractivity contribution in [3.8, 4) is 16.9 Å². The van der Waals surface area contributed by atoms with Gasteiger partial charge < -0.3 is 10.0 Å². The van der Waals surface area contributed by atoms with Crippen LogP contribution in [0.1, 0.15) is 35.5 Å². The van der Waals surface area contributed by atoms with E-state index in [-0.39, 0.29) is 18.3 Å². The third-order valence-electron chi connectivity index (χ3n) is 4.80. The standard InChI is InChI=1S/C21H21FN4O2/c1-13-19(23-24-26(13)17-7-5-16(22)6-8-17)14-4-9-18-15(10-14)11-25(20(18)27)12-21(2,3)28/h4-10,28H,11-12H2,1-3H3. The van der Waals surface area contributed by atoms with Gasteiger partial charge in [-0.1, -0.05) is 11.3 Å². The summed E-state index contributed by atoms with van der Waals surface area (Å²) in [6.07, 6.45) is 0. The van der Waals surface area contributed by atoms with Crippen LogP contribution in [0.4, 0.5) is 4.39 Å². The number of nitrogens with zero attached hydrogens (tertiary/aromatic N) is 4. The van der Waals surface area contributed by atoms with Crippen LogP contribution in [-0.4, -0.2) is 43.1 Å². The van der Waals surface area contributed by atoms with Gasteiger partial charge in [-0.05, 0) is 62.7 Å². The maximum Gasteiger partial charge on any atom is 0.254 e. The molecule has 2 aromatic carbocycles. The Kier molecular flexibility index (Phi) is 4.27. The molecule has 0 unspecified atom stereocenters. The molecular weight excluding hydrogens is 359 g/mol. The van der Waals surface area contributed by atoms with E-state index in [9.17, 15) is 14.3 Å². The first-order valence-corrected chi connectivity index (χ1v) is 9.06. The van der Waals surface area contributed by atoms with Gasteiger partial charge in [0, 0.05) is 24.2 Å². The smallest absolute Gasteiger partial charge is 0.254 e. The predicted octanol–water partition coefficient (Wildman–Crippen LogP) is 3.11. The fourth-order valence-corrected chi connectivity index (χ4v) is 3.55. The van der Waals surface area contributed by atoms with E-state index >= 15 is 0 Å². The number of β-amino-alcohol motifs (C(OH)–C–C–N with tert-alkyl or cyclic N) is 1. The third kappa shape index (κ3) is 3.29. The van der Waals surface area contributed by atoms with Gasteiger partial charge in [-0.15, -0.1) is 5.10 Å². The minimum Gasteiger partial charge on any atom is -0.389 e. The second-order valence-corrected chi connectivity index (χ2v) is 7.76. The Morgan fingerprint density at radius 2 is 1.89 bits per heavy atom. The zero-order valence-electron chi connectivity index (χ0n) is 16.0. The quantitative estimate of drug-likeness (QED) is 0.755. The average Bonchev–Trinajstić information content (AvgIpc) is 3.15. The average molecular weight is 380 g/mol. The van der Waals surface area contributed by atoms with Crippen molar-refractivity contribution in [2.45, 2.75) is 32.9 Å². The number of carbonyl (C=O) groups excluding carboxylic acids is 1. The van der Waals surface area contributed by atoms with E-state index in [0.717, 1.165) is 22.5 Å². The molecule has 3 aromatic rings. The molecular formula is C21H21FN4O2. The van der Waals surface area contributed by atoms with Crippen LogP contribution in [0.2, 0.25) is 0 Å². The number of rotatable bonds is 4. The molecule has 6 nitrogen and oxygen atoms in total. The lowest BCUT2D eigenvalue weighted by atomic mass is 10.0. The molecule has 28 heavy (non-hydrogen) atoms. The number of hydrogen-bond acceptors (Lipinski definition) is 4. The number of benzene rings is 2. The summed E-state index contributed by atoms with van der Waals surface area (Å²) < 4.78 is 14.8. The van der Waals surface area contributed by atoms with Crippen LogP contribution in [0.5, 0.6) is 0 Å². The van der Waals surface area contributed by atoms with Crippen molar-refractivity contribution in [3.05, 3.63) is 65.1 Å². The molecule has 1 aromatic heterocycles. The molecule has 0 atom stereocenters. The maximum absolute atomic E-state index is 13.2. The van der Waals surface area contributed by atoms with Crippen molar-refractivity contribution in [1.29, 1.82) is 0 Å². The van der Waals surface area contributed by atoms with Crippen LogP contribution in [0.25, 0.3) is 16.9 Å². The summed E-state index contributed by atoms with van der Waals surface area (Å²) in [4.78, 5) is 14.2. The highest BCUT2D eigenvalue weighted by Crippen LogP contribution is 2.30. The minimum atomic E-state index is -0.949. The summed E-state index contributed by atoms with van der Waals surface area (Å²) in [6.45, 7) is 6.00. The van der Waals surface area contributed by atoms with E-state index in [1.165, 1.54) is 12.1 Å². The summed E-state index contributed by atoms with van der Waals surface area (Å²) in [5, 5.41) is 18.5. The van der Waals surface area contributed by atoms with Gasteiger partial charge in [0.15, 0.2) is 0 Å². The molecule has 1 aliphatic rings. The molecule has 0 saturated heterocycles. The zero-order chi connectivity index (χ0) is 20.1. The van der Waals surface area contributed by atoms with Gasteiger partial charge in [-0.25, -0.2) is 9.07 Å². The summed E-state index contributed by atoms with van der Waals surface area (Å²) in [5.41, 5.74) is 3.73. The molecule has 144 valence electrons. The molecule has 0 bridgehead atoms. The van der Waals surface area contributed by atoms with Crippen molar-refractivity contribution in [3.63, 3.8) is 0 Å². The van der Waals surface area contributed by atoms with Crippen molar-refractivity contribution in [2.75, 3.05) is 6.54 Å². The van der Waals surface area contributed by atoms with E-state index < -0.39 is 5.60 Å². The number of aromatic nitrogens is 3. The first kappa shape index (κ1) is 18.3. The SMILES string of the molecule is Cc1c(-c2ccc3c(c2)CN(CC(C)(C)O)C3=O)nnn1-c1ccc(F)cc1. The molecule has 7 heteroatoms. The molecule has 0 fully saturated rings. The second-order valence-electron chi connectivity index (χ2n) is 7.76. The number of aliphatic hydroxyl groups is 1. The van der Waals surface area contributed by atoms with E-state index in [0.29, 0.717) is 17.8 Å². The number of carbonyl (C=O) groups is 1. The molecule has 1 amide bonds. The van der Waals surface area contributed by atoms with Crippen LogP contribution in [0.3, 0.4) is 0 Å². The molecule has 4 rings (SSSR count). The Morgan fingerprint density at radius 3 is 2.57 bits per heavy atom. The Hall–Kier alpha value is -3.06. The van der Waals surface area contributed by atoms with Gasteiger partial charge in [-0.3, -0.25) is 4.79 Å². The van der Waals surface area contributed by atoms with Gasteiger partial charge in [0.25, 0.3) is 5.91 Å². The predicted molar refractivity (Wildman–Crippen MR) is 103 cm³/mol. The lowest BCUT2D eigenvalue weighted by molar-refractivity contribution is 0.0314. The van der Waals surface area contributed by atoms with Crippen LogP contribution in [0, 0.1) is 12.7 Å². The highest BCUT2D eigenvalue weighted by atomic mass is 19.1. The monoisotopic (exact) mass is 380 g/mol. The number of hydrogen-bond donors (Lipinski definition) is 1. The van der Waals surface area contributed by atoms with Gasteiger partial charge >= 0.3 is 0 Å². The third-order valence-corrected chi connectivity index (χ3v) is 4.80. The van der Waals surface area contributed by atoms with Gasteiger partial charge in [-0.2, -0.15) is 0 Å². The van der Waals surface area contributed by atoms with E-state index in [1.54, 1.807) is 41.6 Å². The first-order valence-electron chi connectivity index (χ1n) is 9.06. The normalized spacial score (nSPS) is 13.9. The van der Waals surface area contributed by atoms with E-state index in [1.807, 2.05) is 19.1 Å². The largest absolute Gasteiger partial charge is 0.389 e. The molecule has 1 aliphatic heterocycles. The molecule has 1 N–H and O–H groups in total. The number of fused-ring (bicyclic) bond motifs is 1. The lowest BCUT2D eigenvalue weighted by Crippen LogP contribution is -2.38. The molecule has 2 heterocycles. The van der Waals surface area contributed by atoms with Crippen LogP contribution in [0.15, 0.2) is 42.5 Å². The van der Waals surface area contributed by atoms with Crippen LogP contribution >= 0.6 is 0 Å². The summed E-state index contributed by atoms with van der Waals surface area (Å²) >= 11 is 0. The summed E-state index contributed by atoms with van der Waals surface area (Å²) in [7, 11) is 0. The van der Waals surface area contributed by atoms with E-state index in [2.05, 4.69) is 10.3 Å². The lowest BCUT2D eigenvalue weighted by Gasteiger charge is -2.24. The number of halogens is 1. The topological polar surface area (TPSA) is 71.2 Å². The van der Waals surface area contributed by atoms with Crippen molar-refractivity contribution in [2.24, 2.45) is 0 Å². The second kappa shape index (κ2) is 6.53. The summed E-state index contributed by atoms with van der Waals surface area (Å²) in [5.74, 6) is -0.379. The Balaban J connectivity index is 1.65. The highest BCUT2D eigenvalue weighted by Gasteiger charge is 2.31. The Labute approximate surface area is 162 Å². The van der Waals surface area contributed by atoms with Gasteiger partial charge in [0.05, 0.1) is 17.0 Å². The minimum absolute atomic E-state index is 0.0737. The molecule has 0 spiro atoms. The van der Waals surface area contributed by atoms with Crippen molar-refractivity contribution < 1.29 is 14.3 Å². The highest BCUT2D eigenvalue weighted by molar-refractivity contribution is 5.99. The maximum atomic E-state index is 13.2. The van der Waals surface area contributed by atoms with Gasteiger partial charge in [0.2, 0.25) is 0 Å². The zero-order valence-corrected chi connectivity index (χ0v) is 16.0. The summed E-state index contributed by atoms with van der Waals surface area (Å²) in [6, 6.07) is 11.7. The Morgan fingerprint density at radius 1 is 1.18 bits per heavy atom.